The third-order valence-corrected chi connectivity index (χ3v) is 16.8. The molecule has 0 saturated carbocycles. The second-order valence-corrected chi connectivity index (χ2v) is 25.2. The van der Waals surface area contributed by atoms with E-state index in [-0.39, 0.29) is 31.1 Å². The maximum absolute atomic E-state index is 13.0. The maximum atomic E-state index is 13.0. The molecule has 0 spiro atoms. The lowest BCUT2D eigenvalue weighted by atomic mass is 10.0. The summed E-state index contributed by atoms with van der Waals surface area (Å²) in [6.45, 7) is 6.67. The molecule has 0 rings (SSSR count). The molecule has 1 unspecified atom stereocenters. The molecule has 0 aliphatic rings. The van der Waals surface area contributed by atoms with Crippen LogP contribution in [0.15, 0.2) is 48.6 Å². The summed E-state index contributed by atoms with van der Waals surface area (Å²) >= 11 is 0. The number of ether oxygens (including phenoxy) is 3. The minimum atomic E-state index is -0.780. The Labute approximate surface area is 518 Å². The summed E-state index contributed by atoms with van der Waals surface area (Å²) in [7, 11) is 0. The third kappa shape index (κ3) is 70.0. The first-order valence-electron chi connectivity index (χ1n) is 37.1. The fraction of sp³-hybridized carbons (Fsp3) is 0.857. The summed E-state index contributed by atoms with van der Waals surface area (Å²) in [5, 5.41) is 0. The molecule has 0 aliphatic carbocycles. The van der Waals surface area contributed by atoms with Crippen LogP contribution in [0.4, 0.5) is 0 Å². The quantitative estimate of drug-likeness (QED) is 0.0261. The van der Waals surface area contributed by atoms with Gasteiger partial charge in [-0.15, -0.1) is 0 Å². The number of carbonyl (C=O) groups is 3. The van der Waals surface area contributed by atoms with Crippen LogP contribution in [0, 0.1) is 0 Å². The van der Waals surface area contributed by atoms with Crippen molar-refractivity contribution in [3.63, 3.8) is 0 Å². The van der Waals surface area contributed by atoms with E-state index < -0.39 is 6.10 Å². The van der Waals surface area contributed by atoms with Crippen molar-refractivity contribution in [1.29, 1.82) is 0 Å². The Morgan fingerprint density at radius 2 is 0.434 bits per heavy atom. The minimum Gasteiger partial charge on any atom is -0.462 e. The van der Waals surface area contributed by atoms with Gasteiger partial charge in [-0.1, -0.05) is 333 Å². The topological polar surface area (TPSA) is 78.9 Å². The van der Waals surface area contributed by atoms with E-state index in [1.54, 1.807) is 0 Å². The molecule has 83 heavy (non-hydrogen) atoms. The van der Waals surface area contributed by atoms with Gasteiger partial charge in [-0.2, -0.15) is 0 Å². The summed E-state index contributed by atoms with van der Waals surface area (Å²) in [6.07, 6.45) is 91.5. The van der Waals surface area contributed by atoms with Gasteiger partial charge < -0.3 is 14.2 Å². The lowest BCUT2D eigenvalue weighted by Crippen LogP contribution is -2.30. The molecule has 0 radical (unpaired) electrons. The Hall–Kier alpha value is -2.63. The fourth-order valence-corrected chi connectivity index (χ4v) is 11.2. The summed E-state index contributed by atoms with van der Waals surface area (Å²) < 4.78 is 17.0. The van der Waals surface area contributed by atoms with Crippen molar-refractivity contribution in [2.24, 2.45) is 0 Å². The molecule has 486 valence electrons. The molecular weight excluding hydrogens is 1020 g/mol. The van der Waals surface area contributed by atoms with E-state index in [4.69, 9.17) is 14.2 Å². The first-order valence-corrected chi connectivity index (χ1v) is 37.1. The van der Waals surface area contributed by atoms with Crippen LogP contribution in [-0.2, 0) is 28.6 Å². The molecule has 0 bridgehead atoms. The zero-order valence-corrected chi connectivity index (χ0v) is 56.0. The Balaban J connectivity index is 4.27. The predicted octanol–water partition coefficient (Wildman–Crippen LogP) is 25.7. The molecule has 0 aromatic heterocycles. The third-order valence-electron chi connectivity index (χ3n) is 16.8. The molecule has 0 saturated heterocycles. The monoisotopic (exact) mass is 1160 g/mol. The number of hydrogen-bond acceptors (Lipinski definition) is 6. The first-order chi connectivity index (χ1) is 41.0. The van der Waals surface area contributed by atoms with Gasteiger partial charge in [0, 0.05) is 19.3 Å². The van der Waals surface area contributed by atoms with E-state index >= 15 is 0 Å². The van der Waals surface area contributed by atoms with E-state index in [2.05, 4.69) is 69.4 Å². The van der Waals surface area contributed by atoms with Gasteiger partial charge in [-0.05, 0) is 103 Å². The molecule has 0 aromatic rings. The van der Waals surface area contributed by atoms with Crippen molar-refractivity contribution in [3.8, 4) is 0 Å². The van der Waals surface area contributed by atoms with Gasteiger partial charge in [0.1, 0.15) is 13.2 Å². The van der Waals surface area contributed by atoms with E-state index in [0.29, 0.717) is 19.3 Å². The van der Waals surface area contributed by atoms with Crippen molar-refractivity contribution in [3.05, 3.63) is 48.6 Å². The Morgan fingerprint density at radius 1 is 0.241 bits per heavy atom. The average Bonchev–Trinajstić information content (AvgIpc) is 3.49. The molecule has 6 heteroatoms. The highest BCUT2D eigenvalue weighted by molar-refractivity contribution is 5.71. The molecular formula is C77H142O6. The Kier molecular flexibility index (Phi) is 69.6. The molecule has 6 nitrogen and oxygen atoms in total. The highest BCUT2D eigenvalue weighted by Gasteiger charge is 2.19. The van der Waals surface area contributed by atoms with Crippen molar-refractivity contribution >= 4 is 17.9 Å². The number of unbranched alkanes of at least 4 members (excludes halogenated alkanes) is 50. The lowest BCUT2D eigenvalue weighted by molar-refractivity contribution is -0.167. The number of hydrogen-bond donors (Lipinski definition) is 0. The van der Waals surface area contributed by atoms with E-state index in [0.717, 1.165) is 77.0 Å². The highest BCUT2D eigenvalue weighted by Crippen LogP contribution is 2.18. The van der Waals surface area contributed by atoms with Gasteiger partial charge in [0.05, 0.1) is 0 Å². The summed E-state index contributed by atoms with van der Waals surface area (Å²) in [4.78, 5) is 38.5. The van der Waals surface area contributed by atoms with Crippen LogP contribution in [0.1, 0.15) is 406 Å². The van der Waals surface area contributed by atoms with Gasteiger partial charge in [-0.25, -0.2) is 0 Å². The molecule has 0 aromatic carbocycles. The zero-order chi connectivity index (χ0) is 59.9. The van der Waals surface area contributed by atoms with E-state index in [9.17, 15) is 14.4 Å². The summed E-state index contributed by atoms with van der Waals surface area (Å²) in [5.74, 6) is -0.861. The number of carbonyl (C=O) groups excluding carboxylic acids is 3. The van der Waals surface area contributed by atoms with Crippen LogP contribution < -0.4 is 0 Å². The first kappa shape index (κ1) is 80.4. The van der Waals surface area contributed by atoms with Crippen LogP contribution in [0.5, 0.6) is 0 Å². The summed E-state index contributed by atoms with van der Waals surface area (Å²) in [5.41, 5.74) is 0. The van der Waals surface area contributed by atoms with Crippen LogP contribution in [0.3, 0.4) is 0 Å². The smallest absolute Gasteiger partial charge is 0.306 e. The SMILES string of the molecule is CCCCC/C=C\C/C=C\CCCCCCCC(=O)OCC(COC(=O)CCCCCCCCCCCCCCC/C=C\CCCCCCCCCC)OC(=O)CCCCCCCCCCCCCCC/C=C\CCCCCCCCCC. The van der Waals surface area contributed by atoms with Crippen molar-refractivity contribution in [2.45, 2.75) is 412 Å². The lowest BCUT2D eigenvalue weighted by Gasteiger charge is -2.18. The minimum absolute atomic E-state index is 0.0740. The number of allylic oxidation sites excluding steroid dienone is 8. The normalized spacial score (nSPS) is 12.3. The van der Waals surface area contributed by atoms with Gasteiger partial charge in [0.2, 0.25) is 0 Å². The zero-order valence-electron chi connectivity index (χ0n) is 56.0. The van der Waals surface area contributed by atoms with Crippen LogP contribution >= 0.6 is 0 Å². The van der Waals surface area contributed by atoms with E-state index in [1.165, 1.54) is 289 Å². The molecule has 0 heterocycles. The Morgan fingerprint density at radius 3 is 0.699 bits per heavy atom. The average molecular weight is 1160 g/mol. The number of esters is 3. The van der Waals surface area contributed by atoms with Crippen molar-refractivity contribution in [1.82, 2.24) is 0 Å². The van der Waals surface area contributed by atoms with Crippen LogP contribution in [-0.4, -0.2) is 37.2 Å². The van der Waals surface area contributed by atoms with Crippen molar-refractivity contribution < 1.29 is 28.6 Å². The fourth-order valence-electron chi connectivity index (χ4n) is 11.2. The number of rotatable bonds is 69. The standard InChI is InChI=1S/C77H142O6/c1-4-7-10-13-16-19-22-25-28-30-32-34-36-38-40-42-44-46-49-52-55-58-61-64-67-70-76(79)82-73-74(72-81-75(78)69-66-63-60-57-54-51-48-27-24-21-18-15-12-9-6-3)83-77(80)71-68-65-62-59-56-53-50-47-45-43-41-39-37-35-33-31-29-26-23-20-17-14-11-8-5-2/h18,21,27,30-33,48,74H,4-17,19-20,22-26,28-29,34-47,49-73H2,1-3H3/b21-18-,32-30-,33-31-,48-27-. The second kappa shape index (κ2) is 71.8. The van der Waals surface area contributed by atoms with Crippen molar-refractivity contribution in [2.75, 3.05) is 13.2 Å². The molecule has 0 aliphatic heterocycles. The van der Waals surface area contributed by atoms with Gasteiger partial charge in [0.15, 0.2) is 6.10 Å². The largest absolute Gasteiger partial charge is 0.462 e. The predicted molar refractivity (Wildman–Crippen MR) is 362 cm³/mol. The summed E-state index contributed by atoms with van der Waals surface area (Å²) in [6, 6.07) is 0. The molecule has 0 fully saturated rings. The molecule has 0 amide bonds. The van der Waals surface area contributed by atoms with Crippen LogP contribution in [0.25, 0.3) is 0 Å². The Bertz CT molecular complexity index is 1430. The maximum Gasteiger partial charge on any atom is 0.306 e. The van der Waals surface area contributed by atoms with Gasteiger partial charge in [0.25, 0.3) is 0 Å². The molecule has 0 N–H and O–H groups in total. The van der Waals surface area contributed by atoms with Gasteiger partial charge >= 0.3 is 17.9 Å². The van der Waals surface area contributed by atoms with Crippen LogP contribution in [0.2, 0.25) is 0 Å². The second-order valence-electron chi connectivity index (χ2n) is 25.2. The van der Waals surface area contributed by atoms with E-state index in [1.807, 2.05) is 0 Å². The molecule has 1 atom stereocenters. The highest BCUT2D eigenvalue weighted by atomic mass is 16.6. The van der Waals surface area contributed by atoms with Gasteiger partial charge in [-0.3, -0.25) is 14.4 Å².